The number of halogens is 1. The zero-order chi connectivity index (χ0) is 18.7. The minimum absolute atomic E-state index is 0.377. The molecule has 1 aromatic carbocycles. The van der Waals surface area contributed by atoms with E-state index < -0.39 is 0 Å². The Labute approximate surface area is 171 Å². The van der Waals surface area contributed by atoms with E-state index in [9.17, 15) is 0 Å². The standard InChI is InChI=1S/C21H31BrN4O/c1-2-23-20(26-11-8-21(15-26)9-12-27-16-21)24-13-17-7-10-25(14-17)19-5-3-18(22)4-6-19/h3-6,17H,2,7-16H2,1H3,(H,23,24). The van der Waals surface area contributed by atoms with Crippen molar-refractivity contribution in [3.63, 3.8) is 0 Å². The molecule has 1 aromatic rings. The molecule has 1 N–H and O–H groups in total. The van der Waals surface area contributed by atoms with Crippen LogP contribution in [0.2, 0.25) is 0 Å². The second-order valence-corrected chi connectivity index (χ2v) is 9.16. The van der Waals surface area contributed by atoms with Crippen molar-refractivity contribution in [1.29, 1.82) is 0 Å². The quantitative estimate of drug-likeness (QED) is 0.582. The predicted molar refractivity (Wildman–Crippen MR) is 114 cm³/mol. The fraction of sp³-hybridized carbons (Fsp3) is 0.667. The summed E-state index contributed by atoms with van der Waals surface area (Å²) in [4.78, 5) is 9.98. The molecule has 0 amide bonds. The van der Waals surface area contributed by atoms with Gasteiger partial charge in [-0.3, -0.25) is 4.99 Å². The summed E-state index contributed by atoms with van der Waals surface area (Å²) in [7, 11) is 0. The molecule has 3 aliphatic rings. The summed E-state index contributed by atoms with van der Waals surface area (Å²) in [5.74, 6) is 1.73. The van der Waals surface area contributed by atoms with Crippen LogP contribution in [0.3, 0.4) is 0 Å². The highest BCUT2D eigenvalue weighted by atomic mass is 79.9. The largest absolute Gasteiger partial charge is 0.381 e. The summed E-state index contributed by atoms with van der Waals surface area (Å²) >= 11 is 3.52. The van der Waals surface area contributed by atoms with Crippen LogP contribution in [0.15, 0.2) is 33.7 Å². The highest BCUT2D eigenvalue weighted by Crippen LogP contribution is 2.38. The Morgan fingerprint density at radius 3 is 2.89 bits per heavy atom. The molecule has 1 spiro atoms. The molecule has 148 valence electrons. The molecule has 2 atom stereocenters. The first-order valence-corrected chi connectivity index (χ1v) is 11.1. The van der Waals surface area contributed by atoms with E-state index in [-0.39, 0.29) is 0 Å². The normalized spacial score (nSPS) is 28.5. The number of nitrogens with zero attached hydrogens (tertiary/aromatic N) is 3. The van der Waals surface area contributed by atoms with E-state index in [0.717, 1.165) is 62.9 Å². The lowest BCUT2D eigenvalue weighted by Crippen LogP contribution is -2.41. The van der Waals surface area contributed by atoms with Crippen molar-refractivity contribution in [1.82, 2.24) is 10.2 Å². The first kappa shape index (κ1) is 19.1. The molecule has 0 saturated carbocycles. The number of ether oxygens (including phenoxy) is 1. The lowest BCUT2D eigenvalue weighted by atomic mass is 9.87. The second-order valence-electron chi connectivity index (χ2n) is 8.25. The van der Waals surface area contributed by atoms with E-state index in [0.29, 0.717) is 11.3 Å². The molecular formula is C21H31BrN4O. The third-order valence-corrected chi connectivity index (χ3v) is 6.76. The maximum absolute atomic E-state index is 5.68. The van der Waals surface area contributed by atoms with E-state index in [1.807, 2.05) is 0 Å². The average molecular weight is 435 g/mol. The van der Waals surface area contributed by atoms with Crippen molar-refractivity contribution in [2.24, 2.45) is 16.3 Å². The topological polar surface area (TPSA) is 40.1 Å². The van der Waals surface area contributed by atoms with Gasteiger partial charge in [0.05, 0.1) is 6.61 Å². The highest BCUT2D eigenvalue weighted by Gasteiger charge is 2.42. The van der Waals surface area contributed by atoms with Gasteiger partial charge in [0.1, 0.15) is 0 Å². The zero-order valence-electron chi connectivity index (χ0n) is 16.3. The number of hydrogen-bond acceptors (Lipinski definition) is 3. The molecule has 2 unspecified atom stereocenters. The van der Waals surface area contributed by atoms with Crippen molar-refractivity contribution in [3.8, 4) is 0 Å². The molecule has 6 heteroatoms. The number of anilines is 1. The van der Waals surface area contributed by atoms with Crippen LogP contribution in [0.25, 0.3) is 0 Å². The molecule has 3 fully saturated rings. The summed E-state index contributed by atoms with van der Waals surface area (Å²) in [6.07, 6.45) is 3.66. The average Bonchev–Trinajstić information content (AvgIpc) is 3.42. The van der Waals surface area contributed by atoms with Gasteiger partial charge in [0.25, 0.3) is 0 Å². The summed E-state index contributed by atoms with van der Waals surface area (Å²) in [5.41, 5.74) is 1.70. The van der Waals surface area contributed by atoms with Crippen molar-refractivity contribution < 1.29 is 4.74 Å². The van der Waals surface area contributed by atoms with Gasteiger partial charge in [-0.15, -0.1) is 0 Å². The summed E-state index contributed by atoms with van der Waals surface area (Å²) in [5, 5.41) is 3.52. The fourth-order valence-electron chi connectivity index (χ4n) is 4.60. The number of nitrogens with one attached hydrogen (secondary N) is 1. The van der Waals surface area contributed by atoms with Gasteiger partial charge < -0.3 is 19.9 Å². The summed E-state index contributed by atoms with van der Waals surface area (Å²) < 4.78 is 6.81. The lowest BCUT2D eigenvalue weighted by molar-refractivity contribution is 0.156. The zero-order valence-corrected chi connectivity index (χ0v) is 17.9. The Kier molecular flexibility index (Phi) is 5.93. The first-order valence-electron chi connectivity index (χ1n) is 10.3. The van der Waals surface area contributed by atoms with Gasteiger partial charge in [-0.1, -0.05) is 15.9 Å². The maximum Gasteiger partial charge on any atom is 0.193 e. The van der Waals surface area contributed by atoms with Crippen LogP contribution in [0, 0.1) is 11.3 Å². The van der Waals surface area contributed by atoms with Gasteiger partial charge in [-0.25, -0.2) is 0 Å². The second kappa shape index (κ2) is 8.39. The number of rotatable bonds is 4. The molecule has 0 radical (unpaired) electrons. The number of aliphatic imine (C=N–C) groups is 1. The molecule has 4 rings (SSSR count). The summed E-state index contributed by atoms with van der Waals surface area (Å²) in [6, 6.07) is 8.65. The van der Waals surface area contributed by atoms with E-state index in [2.05, 4.69) is 62.2 Å². The van der Waals surface area contributed by atoms with Crippen molar-refractivity contribution >= 4 is 27.6 Å². The SMILES string of the molecule is CCNC(=NCC1CCN(c2ccc(Br)cc2)C1)N1CCC2(CCOC2)C1. The van der Waals surface area contributed by atoms with E-state index in [1.54, 1.807) is 0 Å². The Balaban J connectivity index is 1.34. The van der Waals surface area contributed by atoms with Gasteiger partial charge in [0.15, 0.2) is 5.96 Å². The maximum atomic E-state index is 5.68. The third-order valence-electron chi connectivity index (χ3n) is 6.23. The van der Waals surface area contributed by atoms with Crippen LogP contribution in [0.4, 0.5) is 5.69 Å². The number of hydrogen-bond donors (Lipinski definition) is 1. The number of benzene rings is 1. The molecule has 3 saturated heterocycles. The van der Waals surface area contributed by atoms with Crippen LogP contribution >= 0.6 is 15.9 Å². The Morgan fingerprint density at radius 1 is 1.30 bits per heavy atom. The Morgan fingerprint density at radius 2 is 2.15 bits per heavy atom. The Bertz CT molecular complexity index is 657. The van der Waals surface area contributed by atoms with Gasteiger partial charge in [0.2, 0.25) is 0 Å². The van der Waals surface area contributed by atoms with Gasteiger partial charge >= 0.3 is 0 Å². The third kappa shape index (κ3) is 4.43. The minimum atomic E-state index is 0.377. The first-order chi connectivity index (χ1) is 13.2. The van der Waals surface area contributed by atoms with Crippen LogP contribution in [0.5, 0.6) is 0 Å². The molecule has 0 aliphatic carbocycles. The summed E-state index contributed by atoms with van der Waals surface area (Å²) in [6.45, 7) is 10.3. The van der Waals surface area contributed by atoms with Crippen LogP contribution in [-0.2, 0) is 4.74 Å². The van der Waals surface area contributed by atoms with Crippen LogP contribution in [0.1, 0.15) is 26.2 Å². The van der Waals surface area contributed by atoms with Crippen LogP contribution < -0.4 is 10.2 Å². The molecular weight excluding hydrogens is 404 g/mol. The molecule has 27 heavy (non-hydrogen) atoms. The van der Waals surface area contributed by atoms with Gasteiger partial charge in [-0.05, 0) is 56.4 Å². The molecule has 5 nitrogen and oxygen atoms in total. The monoisotopic (exact) mass is 434 g/mol. The van der Waals surface area contributed by atoms with Crippen molar-refractivity contribution in [2.45, 2.75) is 26.2 Å². The van der Waals surface area contributed by atoms with Gasteiger partial charge in [0, 0.05) is 61.5 Å². The fourth-order valence-corrected chi connectivity index (χ4v) is 4.86. The number of likely N-dealkylation sites (tertiary alicyclic amines) is 1. The number of guanidine groups is 1. The van der Waals surface area contributed by atoms with Crippen molar-refractivity contribution in [2.75, 3.05) is 57.4 Å². The molecule has 3 aliphatic heterocycles. The smallest absolute Gasteiger partial charge is 0.193 e. The van der Waals surface area contributed by atoms with E-state index in [4.69, 9.17) is 9.73 Å². The predicted octanol–water partition coefficient (Wildman–Crippen LogP) is 3.35. The molecule has 0 aromatic heterocycles. The van der Waals surface area contributed by atoms with Crippen molar-refractivity contribution in [3.05, 3.63) is 28.7 Å². The van der Waals surface area contributed by atoms with E-state index >= 15 is 0 Å². The van der Waals surface area contributed by atoms with Crippen LogP contribution in [-0.4, -0.2) is 63.3 Å². The lowest BCUT2D eigenvalue weighted by Gasteiger charge is -2.25. The minimum Gasteiger partial charge on any atom is -0.381 e. The molecule has 0 bridgehead atoms. The Hall–Kier alpha value is -1.27. The highest BCUT2D eigenvalue weighted by molar-refractivity contribution is 9.10. The molecule has 3 heterocycles. The van der Waals surface area contributed by atoms with Gasteiger partial charge in [-0.2, -0.15) is 0 Å². The van der Waals surface area contributed by atoms with E-state index in [1.165, 1.54) is 24.9 Å².